The molecule has 0 aromatic rings. The van der Waals surface area contributed by atoms with Crippen molar-refractivity contribution in [3.05, 3.63) is 0 Å². The van der Waals surface area contributed by atoms with Crippen LogP contribution in [-0.2, 0) is 18.9 Å². The average Bonchev–Trinajstić information content (AvgIpc) is 2.94. The standard InChI is InChI=1S/C12H19NO5/c1-4-7-13-8-9(14)10(17-11(8)16-7)6-5-15-12(2,3)18-6/h6,8-11,14H,4-5H2,1-3H3/t6-,8-,9-,10-,11+/m1/s1. The average molecular weight is 257 g/mol. The van der Waals surface area contributed by atoms with Crippen molar-refractivity contribution in [1.82, 2.24) is 0 Å². The van der Waals surface area contributed by atoms with E-state index in [-0.39, 0.29) is 12.1 Å². The first-order chi connectivity index (χ1) is 8.50. The lowest BCUT2D eigenvalue weighted by Gasteiger charge is -2.23. The summed E-state index contributed by atoms with van der Waals surface area (Å²) in [6.07, 6.45) is -1.19. The van der Waals surface area contributed by atoms with E-state index in [2.05, 4.69) is 4.99 Å². The minimum atomic E-state index is -0.707. The first-order valence-electron chi connectivity index (χ1n) is 6.39. The summed E-state index contributed by atoms with van der Waals surface area (Å²) in [4.78, 5) is 4.33. The Bertz CT molecular complexity index is 369. The number of ether oxygens (including phenoxy) is 4. The van der Waals surface area contributed by atoms with Gasteiger partial charge in [0.1, 0.15) is 24.4 Å². The molecule has 2 saturated heterocycles. The fraction of sp³-hybridized carbons (Fsp3) is 0.917. The summed E-state index contributed by atoms with van der Waals surface area (Å²) in [5, 5.41) is 10.3. The van der Waals surface area contributed by atoms with Crippen molar-refractivity contribution in [2.45, 2.75) is 63.6 Å². The lowest BCUT2D eigenvalue weighted by molar-refractivity contribution is -0.172. The fourth-order valence-electron chi connectivity index (χ4n) is 2.60. The summed E-state index contributed by atoms with van der Waals surface area (Å²) in [6.45, 7) is 6.07. The maximum absolute atomic E-state index is 10.3. The van der Waals surface area contributed by atoms with Gasteiger partial charge in [-0.1, -0.05) is 6.92 Å². The van der Waals surface area contributed by atoms with Crippen LogP contribution in [0.5, 0.6) is 0 Å². The zero-order valence-corrected chi connectivity index (χ0v) is 10.8. The van der Waals surface area contributed by atoms with Gasteiger partial charge in [-0.15, -0.1) is 0 Å². The molecule has 18 heavy (non-hydrogen) atoms. The Kier molecular flexibility index (Phi) is 2.85. The summed E-state index contributed by atoms with van der Waals surface area (Å²) in [5.74, 6) is 0.0240. The molecular formula is C12H19NO5. The van der Waals surface area contributed by atoms with E-state index < -0.39 is 24.3 Å². The highest BCUT2D eigenvalue weighted by Crippen LogP contribution is 2.36. The van der Waals surface area contributed by atoms with Crippen LogP contribution in [0, 0.1) is 0 Å². The van der Waals surface area contributed by atoms with Gasteiger partial charge >= 0.3 is 0 Å². The van der Waals surface area contributed by atoms with Gasteiger partial charge in [0, 0.05) is 6.42 Å². The summed E-state index contributed by atoms with van der Waals surface area (Å²) in [6, 6.07) is -0.336. The van der Waals surface area contributed by atoms with Crippen molar-refractivity contribution >= 4 is 5.90 Å². The number of rotatable bonds is 2. The number of aliphatic hydroxyl groups excluding tert-OH is 1. The Balaban J connectivity index is 1.69. The summed E-state index contributed by atoms with van der Waals surface area (Å²) in [5.41, 5.74) is 0. The number of hydrogen-bond acceptors (Lipinski definition) is 6. The molecule has 6 heteroatoms. The third kappa shape index (κ3) is 1.93. The van der Waals surface area contributed by atoms with E-state index in [0.717, 1.165) is 0 Å². The molecule has 3 aliphatic rings. The molecule has 0 bridgehead atoms. The van der Waals surface area contributed by atoms with E-state index in [1.165, 1.54) is 0 Å². The minimum Gasteiger partial charge on any atom is -0.450 e. The molecule has 3 heterocycles. The van der Waals surface area contributed by atoms with Crippen molar-refractivity contribution < 1.29 is 24.1 Å². The molecule has 0 spiro atoms. The molecule has 0 unspecified atom stereocenters. The van der Waals surface area contributed by atoms with Crippen LogP contribution in [0.4, 0.5) is 0 Å². The predicted molar refractivity (Wildman–Crippen MR) is 62.2 cm³/mol. The smallest absolute Gasteiger partial charge is 0.227 e. The molecule has 3 rings (SSSR count). The lowest BCUT2D eigenvalue weighted by atomic mass is 10.1. The molecule has 2 fully saturated rings. The van der Waals surface area contributed by atoms with Gasteiger partial charge < -0.3 is 24.1 Å². The van der Waals surface area contributed by atoms with Crippen LogP contribution in [0.25, 0.3) is 0 Å². The summed E-state index contributed by atoms with van der Waals surface area (Å²) in [7, 11) is 0. The molecule has 0 saturated carbocycles. The fourth-order valence-corrected chi connectivity index (χ4v) is 2.60. The maximum Gasteiger partial charge on any atom is 0.227 e. The van der Waals surface area contributed by atoms with Crippen LogP contribution < -0.4 is 0 Å². The molecular weight excluding hydrogens is 238 g/mol. The third-order valence-electron chi connectivity index (χ3n) is 3.50. The molecule has 0 amide bonds. The molecule has 0 aromatic heterocycles. The molecule has 0 aromatic carbocycles. The Morgan fingerprint density at radius 2 is 2.22 bits per heavy atom. The van der Waals surface area contributed by atoms with Crippen molar-refractivity contribution in [2.75, 3.05) is 6.61 Å². The zero-order valence-electron chi connectivity index (χ0n) is 10.8. The molecule has 6 nitrogen and oxygen atoms in total. The molecule has 102 valence electrons. The van der Waals surface area contributed by atoms with Crippen LogP contribution in [0.15, 0.2) is 4.99 Å². The van der Waals surface area contributed by atoms with Crippen molar-refractivity contribution in [1.29, 1.82) is 0 Å². The normalized spacial score (nSPS) is 45.8. The second-order valence-corrected chi connectivity index (χ2v) is 5.31. The maximum atomic E-state index is 10.3. The van der Waals surface area contributed by atoms with Crippen LogP contribution in [0.2, 0.25) is 0 Å². The van der Waals surface area contributed by atoms with Crippen LogP contribution >= 0.6 is 0 Å². The third-order valence-corrected chi connectivity index (χ3v) is 3.50. The van der Waals surface area contributed by atoms with Gasteiger partial charge in [0.05, 0.1) is 6.61 Å². The van der Waals surface area contributed by atoms with Crippen LogP contribution in [-0.4, -0.2) is 54.0 Å². The van der Waals surface area contributed by atoms with E-state index in [0.29, 0.717) is 18.9 Å². The number of fused-ring (bicyclic) bond motifs is 1. The largest absolute Gasteiger partial charge is 0.450 e. The number of hydrogen-bond donors (Lipinski definition) is 1. The van der Waals surface area contributed by atoms with Crippen molar-refractivity contribution in [3.63, 3.8) is 0 Å². The SMILES string of the molecule is CCC1=N[C@H]2[C@@H](O1)O[C@H]([C@H]1COC(C)(C)O1)[C@@H]2O. The van der Waals surface area contributed by atoms with Crippen molar-refractivity contribution in [2.24, 2.45) is 4.99 Å². The predicted octanol–water partition coefficient (Wildman–Crippen LogP) is 0.431. The summed E-state index contributed by atoms with van der Waals surface area (Å²) < 4.78 is 22.4. The lowest BCUT2D eigenvalue weighted by Crippen LogP contribution is -2.40. The second-order valence-electron chi connectivity index (χ2n) is 5.31. The molecule has 1 N–H and O–H groups in total. The summed E-state index contributed by atoms with van der Waals surface area (Å²) >= 11 is 0. The number of nitrogens with zero attached hydrogens (tertiary/aromatic N) is 1. The highest BCUT2D eigenvalue weighted by Gasteiger charge is 2.54. The van der Waals surface area contributed by atoms with Gasteiger partial charge in [0.15, 0.2) is 11.7 Å². The number of aliphatic hydroxyl groups is 1. The van der Waals surface area contributed by atoms with Crippen LogP contribution in [0.3, 0.4) is 0 Å². The second kappa shape index (κ2) is 4.16. The van der Waals surface area contributed by atoms with Crippen molar-refractivity contribution in [3.8, 4) is 0 Å². The van der Waals surface area contributed by atoms with Gasteiger partial charge in [0.25, 0.3) is 0 Å². The quantitative estimate of drug-likeness (QED) is 0.777. The Labute approximate surface area is 106 Å². The van der Waals surface area contributed by atoms with Crippen LogP contribution in [0.1, 0.15) is 27.2 Å². The highest BCUT2D eigenvalue weighted by molar-refractivity contribution is 5.77. The Morgan fingerprint density at radius 3 is 2.78 bits per heavy atom. The topological polar surface area (TPSA) is 69.5 Å². The molecule has 0 aliphatic carbocycles. The van der Waals surface area contributed by atoms with Gasteiger partial charge in [-0.3, -0.25) is 0 Å². The van der Waals surface area contributed by atoms with E-state index in [4.69, 9.17) is 18.9 Å². The number of aliphatic imine (C=N–C) groups is 1. The first kappa shape index (κ1) is 12.3. The van der Waals surface area contributed by atoms with E-state index in [9.17, 15) is 5.11 Å². The molecule has 5 atom stereocenters. The van der Waals surface area contributed by atoms with E-state index >= 15 is 0 Å². The monoisotopic (exact) mass is 257 g/mol. The van der Waals surface area contributed by atoms with Gasteiger partial charge in [-0.2, -0.15) is 0 Å². The van der Waals surface area contributed by atoms with E-state index in [1.807, 2.05) is 20.8 Å². The Morgan fingerprint density at radius 1 is 1.44 bits per heavy atom. The minimum absolute atomic E-state index is 0.274. The zero-order chi connectivity index (χ0) is 12.9. The molecule has 0 radical (unpaired) electrons. The van der Waals surface area contributed by atoms with Gasteiger partial charge in [-0.05, 0) is 13.8 Å². The highest BCUT2D eigenvalue weighted by atomic mass is 16.8. The van der Waals surface area contributed by atoms with E-state index in [1.54, 1.807) is 0 Å². The van der Waals surface area contributed by atoms with Gasteiger partial charge in [-0.25, -0.2) is 4.99 Å². The first-order valence-corrected chi connectivity index (χ1v) is 6.39. The van der Waals surface area contributed by atoms with Gasteiger partial charge in [0.2, 0.25) is 6.29 Å². The Hall–Kier alpha value is -0.690. The molecule has 3 aliphatic heterocycles.